The molecule has 0 radical (unpaired) electrons. The normalized spacial score (nSPS) is 11.9. The fraction of sp³-hybridized carbons (Fsp3) is 0.346. The summed E-state index contributed by atoms with van der Waals surface area (Å²) < 4.78 is 37.7. The van der Waals surface area contributed by atoms with Crippen LogP contribution in [0.1, 0.15) is 43.1 Å². The lowest BCUT2D eigenvalue weighted by molar-refractivity contribution is -0.0328. The molecule has 0 bridgehead atoms. The van der Waals surface area contributed by atoms with Crippen molar-refractivity contribution >= 4 is 29.2 Å². The highest BCUT2D eigenvalue weighted by Crippen LogP contribution is 2.37. The third-order valence-corrected chi connectivity index (χ3v) is 6.73. The Labute approximate surface area is 213 Å². The van der Waals surface area contributed by atoms with Gasteiger partial charge in [-0.1, -0.05) is 20.8 Å². The van der Waals surface area contributed by atoms with Crippen LogP contribution in [0.25, 0.3) is 11.1 Å². The van der Waals surface area contributed by atoms with Gasteiger partial charge in [0.15, 0.2) is 0 Å². The highest BCUT2D eigenvalue weighted by atomic mass is 32.2. The molecule has 1 aromatic carbocycles. The Balaban J connectivity index is 1.94. The van der Waals surface area contributed by atoms with Gasteiger partial charge >= 0.3 is 5.51 Å². The molecule has 0 aliphatic rings. The van der Waals surface area contributed by atoms with Crippen molar-refractivity contribution in [3.8, 4) is 11.1 Å². The summed E-state index contributed by atoms with van der Waals surface area (Å²) >= 11 is -0.214. The molecular weight excluding hydrogens is 489 g/mol. The number of thioether (sulfide) groups is 1. The summed E-state index contributed by atoms with van der Waals surface area (Å²) in [7, 11) is 1.80. The van der Waals surface area contributed by atoms with E-state index in [4.69, 9.17) is 0 Å². The van der Waals surface area contributed by atoms with Gasteiger partial charge in [-0.25, -0.2) is 4.98 Å². The van der Waals surface area contributed by atoms with Gasteiger partial charge in [0.1, 0.15) is 5.82 Å². The second-order valence-electron chi connectivity index (χ2n) is 8.97. The number of likely N-dealkylation sites (N-methyl/N-ethyl adjacent to an activating group) is 1. The topological polar surface area (TPSA) is 78.4 Å². The largest absolute Gasteiger partial charge is 0.446 e. The van der Waals surface area contributed by atoms with Crippen LogP contribution >= 0.6 is 11.8 Å². The summed E-state index contributed by atoms with van der Waals surface area (Å²) in [5.41, 5.74) is -1.33. The maximum absolute atomic E-state index is 13.0. The molecule has 2 N–H and O–H groups in total. The second-order valence-corrected chi connectivity index (χ2v) is 10.1. The molecule has 0 fully saturated rings. The standard InChI is InChI=1S/C26H29F3N4O2S/c1-5-25(2,3)19-12-17(14-30-16-19)22-13-18(15-31-23(22)33(4)10-11-34)24(35)32-20-6-8-21(9-7-20)36-26(27,28)29/h6-9,12-16,34H,5,10-11H2,1-4H3,(H,32,35). The molecule has 2 heterocycles. The average Bonchev–Trinajstić information content (AvgIpc) is 2.84. The van der Waals surface area contributed by atoms with Gasteiger partial charge in [0, 0.05) is 53.9 Å². The summed E-state index contributed by atoms with van der Waals surface area (Å²) in [5, 5.41) is 12.1. The molecule has 3 aromatic rings. The molecule has 0 spiro atoms. The van der Waals surface area contributed by atoms with Crippen molar-refractivity contribution in [3.63, 3.8) is 0 Å². The SMILES string of the molecule is CCC(C)(C)c1cncc(-c2cc(C(=O)Nc3ccc(SC(F)(F)F)cc3)cnc2N(C)CCO)c1. The van der Waals surface area contributed by atoms with E-state index in [-0.39, 0.29) is 34.2 Å². The Morgan fingerprint density at radius 2 is 1.81 bits per heavy atom. The van der Waals surface area contributed by atoms with E-state index in [1.165, 1.54) is 30.5 Å². The van der Waals surface area contributed by atoms with Crippen molar-refractivity contribution in [1.29, 1.82) is 0 Å². The molecule has 6 nitrogen and oxygen atoms in total. The second kappa shape index (κ2) is 11.3. The Morgan fingerprint density at radius 3 is 2.42 bits per heavy atom. The van der Waals surface area contributed by atoms with Crippen LogP contribution in [0.4, 0.5) is 24.7 Å². The molecule has 0 aliphatic carbocycles. The Bertz CT molecular complexity index is 1200. The van der Waals surface area contributed by atoms with Crippen LogP contribution in [0.5, 0.6) is 0 Å². The number of hydrogen-bond donors (Lipinski definition) is 2. The summed E-state index contributed by atoms with van der Waals surface area (Å²) in [4.78, 5) is 23.7. The van der Waals surface area contributed by atoms with Gasteiger partial charge < -0.3 is 15.3 Å². The molecule has 192 valence electrons. The van der Waals surface area contributed by atoms with Crippen LogP contribution in [0.3, 0.4) is 0 Å². The van der Waals surface area contributed by atoms with Crippen molar-refractivity contribution in [3.05, 3.63) is 66.1 Å². The molecule has 0 atom stereocenters. The zero-order valence-corrected chi connectivity index (χ0v) is 21.4. The average molecular weight is 519 g/mol. The van der Waals surface area contributed by atoms with E-state index in [2.05, 4.69) is 36.1 Å². The van der Waals surface area contributed by atoms with Gasteiger partial charge in [-0.3, -0.25) is 9.78 Å². The number of pyridine rings is 2. The number of nitrogens with one attached hydrogen (secondary N) is 1. The highest BCUT2D eigenvalue weighted by Gasteiger charge is 2.29. The van der Waals surface area contributed by atoms with E-state index in [1.807, 2.05) is 12.3 Å². The Morgan fingerprint density at radius 1 is 1.11 bits per heavy atom. The number of carbonyl (C=O) groups excluding carboxylic acids is 1. The first-order valence-corrected chi connectivity index (χ1v) is 12.2. The van der Waals surface area contributed by atoms with Crippen molar-refractivity contribution in [1.82, 2.24) is 9.97 Å². The molecule has 1 amide bonds. The quantitative estimate of drug-likeness (QED) is 0.332. The number of aliphatic hydroxyl groups is 1. The van der Waals surface area contributed by atoms with Crippen molar-refractivity contribution in [2.24, 2.45) is 0 Å². The van der Waals surface area contributed by atoms with Gasteiger partial charge in [0.2, 0.25) is 0 Å². The number of anilines is 2. The Hall–Kier alpha value is -3.11. The van der Waals surface area contributed by atoms with Crippen LogP contribution in [-0.4, -0.2) is 46.7 Å². The number of aromatic nitrogens is 2. The van der Waals surface area contributed by atoms with Gasteiger partial charge in [-0.05, 0) is 65.6 Å². The molecule has 0 unspecified atom stereocenters. The molecule has 0 saturated carbocycles. The maximum atomic E-state index is 13.0. The van der Waals surface area contributed by atoms with E-state index in [1.54, 1.807) is 24.2 Å². The zero-order chi connectivity index (χ0) is 26.5. The lowest BCUT2D eigenvalue weighted by Crippen LogP contribution is -2.23. The zero-order valence-electron chi connectivity index (χ0n) is 20.6. The lowest BCUT2D eigenvalue weighted by Gasteiger charge is -2.25. The molecule has 10 heteroatoms. The smallest absolute Gasteiger partial charge is 0.395 e. The minimum Gasteiger partial charge on any atom is -0.395 e. The minimum atomic E-state index is -4.38. The summed E-state index contributed by atoms with van der Waals surface area (Å²) in [6, 6.07) is 9.18. The Kier molecular flexibility index (Phi) is 8.63. The molecule has 0 saturated heterocycles. The summed E-state index contributed by atoms with van der Waals surface area (Å²) in [5.74, 6) is 0.136. The number of nitrogens with zero attached hydrogens (tertiary/aromatic N) is 3. The molecule has 0 aliphatic heterocycles. The van der Waals surface area contributed by atoms with Crippen LogP contribution in [-0.2, 0) is 5.41 Å². The fourth-order valence-corrected chi connectivity index (χ4v) is 4.00. The lowest BCUT2D eigenvalue weighted by atomic mass is 9.82. The van der Waals surface area contributed by atoms with Crippen LogP contribution in [0, 0.1) is 0 Å². The molecular formula is C26H29F3N4O2S. The number of carbonyl (C=O) groups is 1. The van der Waals surface area contributed by atoms with Crippen molar-refractivity contribution in [2.45, 2.75) is 43.0 Å². The van der Waals surface area contributed by atoms with Crippen molar-refractivity contribution < 1.29 is 23.1 Å². The first-order valence-electron chi connectivity index (χ1n) is 11.4. The summed E-state index contributed by atoms with van der Waals surface area (Å²) in [6.07, 6.45) is 5.88. The monoisotopic (exact) mass is 518 g/mol. The number of halogens is 3. The van der Waals surface area contributed by atoms with Crippen LogP contribution < -0.4 is 10.2 Å². The van der Waals surface area contributed by atoms with Gasteiger partial charge in [0.25, 0.3) is 5.91 Å². The number of amides is 1. The van der Waals surface area contributed by atoms with E-state index in [0.717, 1.165) is 17.5 Å². The van der Waals surface area contributed by atoms with Crippen LogP contribution in [0.15, 0.2) is 59.9 Å². The molecule has 2 aromatic heterocycles. The highest BCUT2D eigenvalue weighted by molar-refractivity contribution is 8.00. The number of benzene rings is 1. The van der Waals surface area contributed by atoms with Gasteiger partial charge in [-0.2, -0.15) is 13.2 Å². The first-order chi connectivity index (χ1) is 16.9. The number of rotatable bonds is 9. The van der Waals surface area contributed by atoms with E-state index in [9.17, 15) is 23.1 Å². The van der Waals surface area contributed by atoms with Gasteiger partial charge in [-0.15, -0.1) is 0 Å². The maximum Gasteiger partial charge on any atom is 0.446 e. The third kappa shape index (κ3) is 6.98. The van der Waals surface area contributed by atoms with Gasteiger partial charge in [0.05, 0.1) is 12.2 Å². The van der Waals surface area contributed by atoms with E-state index < -0.39 is 11.4 Å². The third-order valence-electron chi connectivity index (χ3n) is 5.99. The predicted octanol–water partition coefficient (Wildman–Crippen LogP) is 6.12. The van der Waals surface area contributed by atoms with E-state index in [0.29, 0.717) is 23.6 Å². The van der Waals surface area contributed by atoms with Crippen LogP contribution in [0.2, 0.25) is 0 Å². The molecule has 3 rings (SSSR count). The number of hydrogen-bond acceptors (Lipinski definition) is 6. The molecule has 36 heavy (non-hydrogen) atoms. The number of alkyl halides is 3. The first kappa shape index (κ1) is 27.5. The summed E-state index contributed by atoms with van der Waals surface area (Å²) in [6.45, 7) is 6.65. The predicted molar refractivity (Wildman–Crippen MR) is 137 cm³/mol. The fourth-order valence-electron chi connectivity index (χ4n) is 3.46. The van der Waals surface area contributed by atoms with Crippen molar-refractivity contribution in [2.75, 3.05) is 30.4 Å². The number of aliphatic hydroxyl groups excluding tert-OH is 1. The minimum absolute atomic E-state index is 0.0307. The van der Waals surface area contributed by atoms with E-state index >= 15 is 0 Å².